The van der Waals surface area contributed by atoms with Gasteiger partial charge in [-0.05, 0) is 38.8 Å². The number of fused-ring (bicyclic) bond motifs is 1. The maximum Gasteiger partial charge on any atom is 0.160 e. The van der Waals surface area contributed by atoms with E-state index in [0.717, 1.165) is 42.2 Å². The first kappa shape index (κ1) is 13.8. The fourth-order valence-corrected chi connectivity index (χ4v) is 3.11. The molecule has 0 spiro atoms. The summed E-state index contributed by atoms with van der Waals surface area (Å²) in [6.45, 7) is 7.90. The zero-order chi connectivity index (χ0) is 14.3. The highest BCUT2D eigenvalue weighted by Gasteiger charge is 2.28. The van der Waals surface area contributed by atoms with E-state index >= 15 is 0 Å². The first-order valence-corrected chi connectivity index (χ1v) is 7.58. The fourth-order valence-electron chi connectivity index (χ4n) is 2.95. The van der Waals surface area contributed by atoms with Crippen LogP contribution in [0.15, 0.2) is 12.3 Å². The van der Waals surface area contributed by atoms with E-state index in [2.05, 4.69) is 23.4 Å². The molecule has 3 unspecified atom stereocenters. The zero-order valence-corrected chi connectivity index (χ0v) is 12.9. The normalized spacial score (nSPS) is 22.3. The van der Waals surface area contributed by atoms with Gasteiger partial charge in [0, 0.05) is 24.8 Å². The molecule has 0 aliphatic carbocycles. The van der Waals surface area contributed by atoms with Crippen LogP contribution in [0.3, 0.4) is 0 Å². The largest absolute Gasteiger partial charge is 0.381 e. The summed E-state index contributed by atoms with van der Waals surface area (Å²) in [5.74, 6) is 1.41. The lowest BCUT2D eigenvalue weighted by molar-refractivity contribution is 0.175. The molecule has 4 nitrogen and oxygen atoms in total. The molecule has 0 aromatic carbocycles. The van der Waals surface area contributed by atoms with Gasteiger partial charge < -0.3 is 9.30 Å². The van der Waals surface area contributed by atoms with Crippen LogP contribution in [0, 0.1) is 12.8 Å². The van der Waals surface area contributed by atoms with Crippen molar-refractivity contribution in [1.29, 1.82) is 0 Å². The van der Waals surface area contributed by atoms with Gasteiger partial charge in [-0.15, -0.1) is 11.6 Å². The van der Waals surface area contributed by atoms with Crippen LogP contribution < -0.4 is 0 Å². The number of rotatable bonds is 3. The molecule has 0 amide bonds. The van der Waals surface area contributed by atoms with Gasteiger partial charge in [0.15, 0.2) is 5.65 Å². The lowest BCUT2D eigenvalue weighted by atomic mass is 10.0. The summed E-state index contributed by atoms with van der Waals surface area (Å²) in [5.41, 5.74) is 3.04. The van der Waals surface area contributed by atoms with Crippen molar-refractivity contribution in [3.8, 4) is 0 Å². The monoisotopic (exact) mass is 293 g/mol. The quantitative estimate of drug-likeness (QED) is 0.811. The Labute approximate surface area is 124 Å². The van der Waals surface area contributed by atoms with Crippen LogP contribution >= 0.6 is 11.6 Å². The molecule has 0 saturated carbocycles. The Morgan fingerprint density at radius 2 is 2.25 bits per heavy atom. The number of pyridine rings is 1. The van der Waals surface area contributed by atoms with E-state index < -0.39 is 0 Å². The predicted molar refractivity (Wildman–Crippen MR) is 80.2 cm³/mol. The van der Waals surface area contributed by atoms with E-state index in [4.69, 9.17) is 21.3 Å². The summed E-state index contributed by atoms with van der Waals surface area (Å²) in [5, 5.41) is -0.131. The highest BCUT2D eigenvalue weighted by Crippen LogP contribution is 2.33. The number of alkyl halides is 1. The van der Waals surface area contributed by atoms with Gasteiger partial charge in [0.2, 0.25) is 0 Å². The molecular weight excluding hydrogens is 274 g/mol. The Morgan fingerprint density at radius 1 is 1.45 bits per heavy atom. The minimum absolute atomic E-state index is 0.131. The van der Waals surface area contributed by atoms with Gasteiger partial charge in [-0.25, -0.2) is 9.97 Å². The number of ether oxygens (including phenoxy) is 1. The van der Waals surface area contributed by atoms with E-state index in [1.54, 1.807) is 0 Å². The first-order valence-electron chi connectivity index (χ1n) is 7.15. The van der Waals surface area contributed by atoms with Crippen molar-refractivity contribution in [2.45, 2.75) is 38.6 Å². The second-order valence-corrected chi connectivity index (χ2v) is 6.27. The summed E-state index contributed by atoms with van der Waals surface area (Å²) in [6.07, 6.45) is 2.93. The molecule has 0 bridgehead atoms. The molecule has 2 aromatic rings. The van der Waals surface area contributed by atoms with Crippen molar-refractivity contribution in [3.05, 3.63) is 23.7 Å². The van der Waals surface area contributed by atoms with Crippen LogP contribution in [-0.2, 0) is 4.74 Å². The van der Waals surface area contributed by atoms with Crippen molar-refractivity contribution in [1.82, 2.24) is 14.5 Å². The summed E-state index contributed by atoms with van der Waals surface area (Å²) >= 11 is 6.34. The standard InChI is InChI=1S/C15H20ClN3O/c1-9-4-6-17-15-13(9)18-14(10(2)16)19(15)11(3)12-5-7-20-8-12/h4,6,10-12H,5,7-8H2,1-3H3. The number of hydrogen-bond donors (Lipinski definition) is 0. The molecule has 3 heterocycles. The van der Waals surface area contributed by atoms with E-state index in [0.29, 0.717) is 12.0 Å². The van der Waals surface area contributed by atoms with E-state index in [-0.39, 0.29) is 5.38 Å². The third-order valence-corrected chi connectivity index (χ3v) is 4.41. The number of aromatic nitrogens is 3. The molecule has 3 rings (SSSR count). The molecule has 1 aliphatic rings. The lowest BCUT2D eigenvalue weighted by Crippen LogP contribution is -2.19. The summed E-state index contributed by atoms with van der Waals surface area (Å²) < 4.78 is 7.73. The van der Waals surface area contributed by atoms with E-state index in [1.165, 1.54) is 0 Å². The lowest BCUT2D eigenvalue weighted by Gasteiger charge is -2.22. The second kappa shape index (κ2) is 5.34. The molecule has 5 heteroatoms. The Morgan fingerprint density at radius 3 is 2.90 bits per heavy atom. The molecule has 1 saturated heterocycles. The van der Waals surface area contributed by atoms with Gasteiger partial charge in [-0.2, -0.15) is 0 Å². The Hall–Kier alpha value is -1.13. The molecule has 0 radical (unpaired) electrons. The predicted octanol–water partition coefficient (Wildman–Crippen LogP) is 3.64. The van der Waals surface area contributed by atoms with Crippen LogP contribution in [0.4, 0.5) is 0 Å². The third-order valence-electron chi connectivity index (χ3n) is 4.22. The molecule has 0 N–H and O–H groups in total. The van der Waals surface area contributed by atoms with Crippen LogP contribution in [0.1, 0.15) is 43.1 Å². The number of nitrogens with zero attached hydrogens (tertiary/aromatic N) is 3. The Bertz CT molecular complexity index is 617. The summed E-state index contributed by atoms with van der Waals surface area (Å²) in [6, 6.07) is 2.29. The number of hydrogen-bond acceptors (Lipinski definition) is 3. The highest BCUT2D eigenvalue weighted by molar-refractivity contribution is 6.20. The van der Waals surface area contributed by atoms with Gasteiger partial charge in [-0.3, -0.25) is 0 Å². The summed E-state index contributed by atoms with van der Waals surface area (Å²) in [4.78, 5) is 9.27. The Kier molecular flexibility index (Phi) is 3.69. The smallest absolute Gasteiger partial charge is 0.160 e. The van der Waals surface area contributed by atoms with Crippen LogP contribution in [-0.4, -0.2) is 27.7 Å². The van der Waals surface area contributed by atoms with Crippen molar-refractivity contribution >= 4 is 22.8 Å². The van der Waals surface area contributed by atoms with Crippen LogP contribution in [0.2, 0.25) is 0 Å². The number of halogens is 1. The van der Waals surface area contributed by atoms with Crippen molar-refractivity contribution in [2.75, 3.05) is 13.2 Å². The average molecular weight is 294 g/mol. The van der Waals surface area contributed by atoms with Crippen LogP contribution in [0.5, 0.6) is 0 Å². The van der Waals surface area contributed by atoms with E-state index in [1.807, 2.05) is 19.2 Å². The molecule has 2 aromatic heterocycles. The first-order chi connectivity index (χ1) is 9.59. The van der Waals surface area contributed by atoms with Crippen molar-refractivity contribution in [2.24, 2.45) is 5.92 Å². The number of aryl methyl sites for hydroxylation is 1. The fraction of sp³-hybridized carbons (Fsp3) is 0.600. The topological polar surface area (TPSA) is 39.9 Å². The van der Waals surface area contributed by atoms with Crippen molar-refractivity contribution < 1.29 is 4.74 Å². The third kappa shape index (κ3) is 2.21. The molecule has 20 heavy (non-hydrogen) atoms. The molecule has 1 fully saturated rings. The second-order valence-electron chi connectivity index (χ2n) is 5.62. The summed E-state index contributed by atoms with van der Waals surface area (Å²) in [7, 11) is 0. The van der Waals surface area contributed by atoms with Gasteiger partial charge in [0.05, 0.1) is 12.0 Å². The maximum atomic E-state index is 6.34. The van der Waals surface area contributed by atoms with Gasteiger partial charge >= 0.3 is 0 Å². The molecule has 3 atom stereocenters. The van der Waals surface area contributed by atoms with E-state index in [9.17, 15) is 0 Å². The highest BCUT2D eigenvalue weighted by atomic mass is 35.5. The minimum Gasteiger partial charge on any atom is -0.381 e. The average Bonchev–Trinajstić information content (AvgIpc) is 3.06. The minimum atomic E-state index is -0.131. The molecular formula is C15H20ClN3O. The Balaban J connectivity index is 2.15. The zero-order valence-electron chi connectivity index (χ0n) is 12.1. The van der Waals surface area contributed by atoms with Gasteiger partial charge in [0.25, 0.3) is 0 Å². The van der Waals surface area contributed by atoms with Crippen LogP contribution in [0.25, 0.3) is 11.2 Å². The van der Waals surface area contributed by atoms with Gasteiger partial charge in [0.1, 0.15) is 11.3 Å². The SMILES string of the molecule is Cc1ccnc2c1nc(C(C)Cl)n2C(C)C1CCOC1. The molecule has 108 valence electrons. The number of imidazole rings is 1. The van der Waals surface area contributed by atoms with Crippen molar-refractivity contribution in [3.63, 3.8) is 0 Å². The maximum absolute atomic E-state index is 6.34. The van der Waals surface area contributed by atoms with Gasteiger partial charge in [-0.1, -0.05) is 0 Å². The molecule has 1 aliphatic heterocycles.